The normalized spacial score (nSPS) is 10.8. The van der Waals surface area contributed by atoms with Crippen LogP contribution >= 0.6 is 0 Å². The highest BCUT2D eigenvalue weighted by molar-refractivity contribution is 5.71. The lowest BCUT2D eigenvalue weighted by molar-refractivity contribution is 0.295. The van der Waals surface area contributed by atoms with E-state index in [9.17, 15) is 0 Å². The van der Waals surface area contributed by atoms with Gasteiger partial charge >= 0.3 is 0 Å². The SMILES string of the molecule is COc1cc(C)cc(C)c1-c1cn(C)c(CCO)n1. The Morgan fingerprint density at radius 3 is 2.68 bits per heavy atom. The third kappa shape index (κ3) is 2.63. The fourth-order valence-corrected chi connectivity index (χ4v) is 2.38. The van der Waals surface area contributed by atoms with Crippen LogP contribution in [-0.4, -0.2) is 28.4 Å². The minimum Gasteiger partial charge on any atom is -0.496 e. The number of aromatic nitrogens is 2. The number of ether oxygens (including phenoxy) is 1. The Morgan fingerprint density at radius 1 is 1.32 bits per heavy atom. The van der Waals surface area contributed by atoms with Crippen LogP contribution in [0, 0.1) is 13.8 Å². The predicted molar refractivity (Wildman–Crippen MR) is 75.5 cm³/mol. The van der Waals surface area contributed by atoms with Crippen LogP contribution in [0.2, 0.25) is 0 Å². The summed E-state index contributed by atoms with van der Waals surface area (Å²) in [7, 11) is 3.62. The zero-order valence-corrected chi connectivity index (χ0v) is 11.9. The highest BCUT2D eigenvalue weighted by atomic mass is 16.5. The second-order valence-electron chi connectivity index (χ2n) is 4.79. The van der Waals surface area contributed by atoms with E-state index in [0.717, 1.165) is 28.4 Å². The molecule has 1 aromatic carbocycles. The molecule has 0 saturated heterocycles. The Labute approximate surface area is 113 Å². The molecule has 0 fully saturated rings. The molecule has 0 saturated carbocycles. The van der Waals surface area contributed by atoms with E-state index in [2.05, 4.69) is 24.9 Å². The van der Waals surface area contributed by atoms with Gasteiger partial charge in [-0.3, -0.25) is 0 Å². The Bertz CT molecular complexity index is 588. The molecule has 0 aliphatic carbocycles. The van der Waals surface area contributed by atoms with Crippen molar-refractivity contribution >= 4 is 0 Å². The highest BCUT2D eigenvalue weighted by Crippen LogP contribution is 2.33. The van der Waals surface area contributed by atoms with Crippen LogP contribution in [0.3, 0.4) is 0 Å². The van der Waals surface area contributed by atoms with Gasteiger partial charge < -0.3 is 14.4 Å². The molecule has 0 radical (unpaired) electrons. The first-order valence-corrected chi connectivity index (χ1v) is 6.35. The molecule has 0 aliphatic rings. The lowest BCUT2D eigenvalue weighted by Crippen LogP contribution is -1.99. The minimum atomic E-state index is 0.105. The maximum Gasteiger partial charge on any atom is 0.128 e. The van der Waals surface area contributed by atoms with Crippen molar-refractivity contribution in [3.05, 3.63) is 35.3 Å². The van der Waals surface area contributed by atoms with E-state index in [1.165, 1.54) is 5.56 Å². The summed E-state index contributed by atoms with van der Waals surface area (Å²) in [6, 6.07) is 4.14. The van der Waals surface area contributed by atoms with E-state index in [1.807, 2.05) is 23.9 Å². The number of rotatable bonds is 4. The number of hydrogen-bond donors (Lipinski definition) is 1. The monoisotopic (exact) mass is 260 g/mol. The van der Waals surface area contributed by atoms with E-state index in [1.54, 1.807) is 7.11 Å². The minimum absolute atomic E-state index is 0.105. The molecule has 0 spiro atoms. The Morgan fingerprint density at radius 2 is 2.05 bits per heavy atom. The topological polar surface area (TPSA) is 47.3 Å². The second kappa shape index (κ2) is 5.45. The standard InChI is InChI=1S/C15H20N2O2/c1-10-7-11(2)15(13(8-10)19-4)12-9-17(3)14(16-12)5-6-18/h7-9,18H,5-6H2,1-4H3. The van der Waals surface area contributed by atoms with Crippen LogP contribution in [0.15, 0.2) is 18.3 Å². The first-order chi connectivity index (χ1) is 9.06. The summed E-state index contributed by atoms with van der Waals surface area (Å²) < 4.78 is 7.42. The third-order valence-corrected chi connectivity index (χ3v) is 3.23. The lowest BCUT2D eigenvalue weighted by atomic mass is 10.0. The van der Waals surface area contributed by atoms with Crippen molar-refractivity contribution in [3.63, 3.8) is 0 Å². The zero-order valence-electron chi connectivity index (χ0n) is 11.9. The van der Waals surface area contributed by atoms with Crippen molar-refractivity contribution in [3.8, 4) is 17.0 Å². The van der Waals surface area contributed by atoms with Crippen LogP contribution in [0.25, 0.3) is 11.3 Å². The summed E-state index contributed by atoms with van der Waals surface area (Å²) >= 11 is 0. The van der Waals surface area contributed by atoms with E-state index in [4.69, 9.17) is 9.84 Å². The number of imidazole rings is 1. The summed E-state index contributed by atoms with van der Waals surface area (Å²) in [5, 5.41) is 9.04. The first-order valence-electron chi connectivity index (χ1n) is 6.35. The van der Waals surface area contributed by atoms with Gasteiger partial charge in [0.05, 0.1) is 19.4 Å². The molecular formula is C15H20N2O2. The molecule has 102 valence electrons. The molecule has 0 aliphatic heterocycles. The fraction of sp³-hybridized carbons (Fsp3) is 0.400. The van der Waals surface area contributed by atoms with E-state index >= 15 is 0 Å². The van der Waals surface area contributed by atoms with Crippen LogP contribution in [-0.2, 0) is 13.5 Å². The lowest BCUT2D eigenvalue weighted by Gasteiger charge is -2.10. The fourth-order valence-electron chi connectivity index (χ4n) is 2.38. The van der Waals surface area contributed by atoms with Crippen molar-refractivity contribution in [2.24, 2.45) is 7.05 Å². The highest BCUT2D eigenvalue weighted by Gasteiger charge is 2.14. The summed E-state index contributed by atoms with van der Waals surface area (Å²) in [4.78, 5) is 4.59. The average molecular weight is 260 g/mol. The Kier molecular flexibility index (Phi) is 3.90. The average Bonchev–Trinajstić information content (AvgIpc) is 2.70. The maximum atomic E-state index is 9.04. The summed E-state index contributed by atoms with van der Waals surface area (Å²) in [5.74, 6) is 1.71. The van der Waals surface area contributed by atoms with Gasteiger partial charge in [-0.1, -0.05) is 6.07 Å². The van der Waals surface area contributed by atoms with Crippen LogP contribution in [0.5, 0.6) is 5.75 Å². The van der Waals surface area contributed by atoms with Gasteiger partial charge in [0, 0.05) is 25.2 Å². The van der Waals surface area contributed by atoms with Gasteiger partial charge in [0.2, 0.25) is 0 Å². The largest absolute Gasteiger partial charge is 0.496 e. The molecule has 0 bridgehead atoms. The number of nitrogens with zero attached hydrogens (tertiary/aromatic N) is 2. The molecule has 2 aromatic rings. The number of aryl methyl sites for hydroxylation is 3. The van der Waals surface area contributed by atoms with Gasteiger partial charge in [-0.2, -0.15) is 0 Å². The van der Waals surface area contributed by atoms with Gasteiger partial charge in [-0.25, -0.2) is 4.98 Å². The number of aliphatic hydroxyl groups excluding tert-OH is 1. The first kappa shape index (κ1) is 13.6. The molecule has 1 N–H and O–H groups in total. The Hall–Kier alpha value is -1.81. The van der Waals surface area contributed by atoms with E-state index < -0.39 is 0 Å². The van der Waals surface area contributed by atoms with Crippen molar-refractivity contribution in [2.75, 3.05) is 13.7 Å². The second-order valence-corrected chi connectivity index (χ2v) is 4.79. The summed E-state index contributed by atoms with van der Waals surface area (Å²) in [5.41, 5.74) is 4.23. The molecule has 4 heteroatoms. The maximum absolute atomic E-state index is 9.04. The van der Waals surface area contributed by atoms with Crippen molar-refractivity contribution in [1.29, 1.82) is 0 Å². The third-order valence-electron chi connectivity index (χ3n) is 3.23. The summed E-state index contributed by atoms with van der Waals surface area (Å²) in [6.45, 7) is 4.22. The van der Waals surface area contributed by atoms with Gasteiger partial charge in [-0.15, -0.1) is 0 Å². The van der Waals surface area contributed by atoms with Crippen LogP contribution < -0.4 is 4.74 Å². The van der Waals surface area contributed by atoms with Crippen LogP contribution in [0.4, 0.5) is 0 Å². The van der Waals surface area contributed by atoms with Gasteiger partial charge in [-0.05, 0) is 31.0 Å². The van der Waals surface area contributed by atoms with Crippen molar-refractivity contribution in [1.82, 2.24) is 9.55 Å². The molecule has 19 heavy (non-hydrogen) atoms. The van der Waals surface area contributed by atoms with Gasteiger partial charge in [0.1, 0.15) is 11.6 Å². The molecule has 1 heterocycles. The van der Waals surface area contributed by atoms with Gasteiger partial charge in [0.15, 0.2) is 0 Å². The number of hydrogen-bond acceptors (Lipinski definition) is 3. The molecule has 0 atom stereocenters. The molecule has 0 unspecified atom stereocenters. The molecule has 4 nitrogen and oxygen atoms in total. The molecule has 2 rings (SSSR count). The number of methoxy groups -OCH3 is 1. The van der Waals surface area contributed by atoms with E-state index in [0.29, 0.717) is 6.42 Å². The smallest absolute Gasteiger partial charge is 0.128 e. The zero-order chi connectivity index (χ0) is 14.0. The molecule has 0 amide bonds. The van der Waals surface area contributed by atoms with Crippen molar-refractivity contribution in [2.45, 2.75) is 20.3 Å². The predicted octanol–water partition coefficient (Wildman–Crippen LogP) is 2.25. The Balaban J connectivity index is 2.55. The van der Waals surface area contributed by atoms with E-state index in [-0.39, 0.29) is 6.61 Å². The number of benzene rings is 1. The van der Waals surface area contributed by atoms with Gasteiger partial charge in [0.25, 0.3) is 0 Å². The summed E-state index contributed by atoms with van der Waals surface area (Å²) in [6.07, 6.45) is 2.54. The molecular weight excluding hydrogens is 240 g/mol. The number of aliphatic hydroxyl groups is 1. The quantitative estimate of drug-likeness (QED) is 0.917. The van der Waals surface area contributed by atoms with Crippen LogP contribution in [0.1, 0.15) is 17.0 Å². The molecule has 1 aromatic heterocycles. The van der Waals surface area contributed by atoms with Crippen molar-refractivity contribution < 1.29 is 9.84 Å².